The van der Waals surface area contributed by atoms with Crippen LogP contribution in [0.4, 0.5) is 13.2 Å². The molecular formula is C27H34BrF3N4O4. The van der Waals surface area contributed by atoms with Crippen molar-refractivity contribution in [1.82, 2.24) is 14.8 Å². The monoisotopic (exact) mass is 614 g/mol. The van der Waals surface area contributed by atoms with Gasteiger partial charge in [-0.25, -0.2) is 9.69 Å². The minimum Gasteiger partial charge on any atom is -0.495 e. The molecule has 0 saturated carbocycles. The van der Waals surface area contributed by atoms with Gasteiger partial charge in [0.25, 0.3) is 5.91 Å². The number of amides is 1. The molecule has 1 atom stereocenters. The highest BCUT2D eigenvalue weighted by atomic mass is 79.9. The molecule has 0 aliphatic carbocycles. The Morgan fingerprint density at radius 1 is 1.08 bits per heavy atom. The molecule has 39 heavy (non-hydrogen) atoms. The summed E-state index contributed by atoms with van der Waals surface area (Å²) in [4.78, 5) is 13.1. The Kier molecular flexibility index (Phi) is 14.3. The third kappa shape index (κ3) is 9.70. The lowest BCUT2D eigenvalue weighted by Crippen LogP contribution is -2.38. The van der Waals surface area contributed by atoms with E-state index < -0.39 is 24.7 Å². The fourth-order valence-corrected chi connectivity index (χ4v) is 3.74. The van der Waals surface area contributed by atoms with E-state index in [0.717, 1.165) is 6.21 Å². The highest BCUT2D eigenvalue weighted by molar-refractivity contribution is 9.10. The Bertz CT molecular complexity index is 1150. The number of hydrogen-bond acceptors (Lipinski definition) is 6. The summed E-state index contributed by atoms with van der Waals surface area (Å²) in [5.74, 6) is -0.220. The summed E-state index contributed by atoms with van der Waals surface area (Å²) in [5, 5.41) is 8.27. The largest absolute Gasteiger partial charge is 0.495 e. The summed E-state index contributed by atoms with van der Waals surface area (Å²) in [6.07, 6.45) is -1.53. The minimum absolute atomic E-state index is 0.330. The molecule has 0 aliphatic heterocycles. The van der Waals surface area contributed by atoms with Crippen LogP contribution < -0.4 is 9.47 Å². The first kappa shape index (κ1) is 33.6. The first-order valence-corrected chi connectivity index (χ1v) is 12.9. The highest BCUT2D eigenvalue weighted by Gasteiger charge is 2.36. The van der Waals surface area contributed by atoms with Crippen molar-refractivity contribution in [2.75, 3.05) is 27.9 Å². The van der Waals surface area contributed by atoms with Gasteiger partial charge in [-0.2, -0.15) is 23.4 Å². The topological polar surface area (TPSA) is 78.2 Å². The van der Waals surface area contributed by atoms with Crippen LogP contribution >= 0.6 is 15.9 Å². The molecule has 0 spiro atoms. The molecule has 0 bridgehead atoms. The van der Waals surface area contributed by atoms with Crippen LogP contribution in [0.3, 0.4) is 0 Å². The zero-order valence-corrected chi connectivity index (χ0v) is 24.6. The van der Waals surface area contributed by atoms with Crippen LogP contribution in [-0.2, 0) is 9.53 Å². The molecule has 1 aromatic heterocycles. The zero-order valence-electron chi connectivity index (χ0n) is 23.0. The molecule has 0 N–H and O–H groups in total. The van der Waals surface area contributed by atoms with Crippen molar-refractivity contribution in [2.45, 2.75) is 40.0 Å². The predicted molar refractivity (Wildman–Crippen MR) is 149 cm³/mol. The summed E-state index contributed by atoms with van der Waals surface area (Å²) in [6.45, 7) is 6.40. The second-order valence-electron chi connectivity index (χ2n) is 7.15. The van der Waals surface area contributed by atoms with Gasteiger partial charge in [0, 0.05) is 25.1 Å². The lowest BCUT2D eigenvalue weighted by Gasteiger charge is -2.24. The molecule has 1 amide bonds. The number of carbonyl (C=O) groups is 1. The molecule has 3 rings (SSSR count). The quantitative estimate of drug-likeness (QED) is 0.195. The molecular weight excluding hydrogens is 581 g/mol. The SMILES string of the molecule is CC.CC.COc1cc(/C=N/N(CC(F)(F)F)C(=O)C(OC)c2ccc(-n3cccn3)cc2)cc(OC)c1Br. The fourth-order valence-electron chi connectivity index (χ4n) is 3.18. The maximum absolute atomic E-state index is 13.3. The standard InChI is InChI=1S/C23H22BrF3N4O4.2C2H6/c1-33-18-11-15(12-19(34-2)20(18)24)13-29-31(14-23(25,26)27)22(32)21(35-3)16-5-7-17(8-6-16)30-10-4-9-28-30;2*1-2/h4-13,21H,14H2,1-3H3;2*1-2H3/b29-13+;;. The first-order chi connectivity index (χ1) is 18.7. The molecule has 0 aliphatic rings. The van der Waals surface area contributed by atoms with Crippen LogP contribution in [0.1, 0.15) is 44.9 Å². The Morgan fingerprint density at radius 2 is 1.64 bits per heavy atom. The van der Waals surface area contributed by atoms with Gasteiger partial charge in [-0.15, -0.1) is 0 Å². The van der Waals surface area contributed by atoms with E-state index in [2.05, 4.69) is 26.1 Å². The third-order valence-corrected chi connectivity index (χ3v) is 5.60. The van der Waals surface area contributed by atoms with Crippen LogP contribution in [0.5, 0.6) is 11.5 Å². The highest BCUT2D eigenvalue weighted by Crippen LogP contribution is 2.35. The maximum atomic E-state index is 13.3. The minimum atomic E-state index is -4.69. The van der Waals surface area contributed by atoms with Gasteiger partial charge in [-0.3, -0.25) is 4.79 Å². The summed E-state index contributed by atoms with van der Waals surface area (Å²) >= 11 is 3.32. The number of rotatable bonds is 9. The number of hydrazone groups is 1. The Morgan fingerprint density at radius 3 is 2.08 bits per heavy atom. The number of aromatic nitrogens is 2. The van der Waals surface area contributed by atoms with Crippen molar-refractivity contribution >= 4 is 28.1 Å². The zero-order chi connectivity index (χ0) is 29.6. The van der Waals surface area contributed by atoms with Gasteiger partial charge in [0.1, 0.15) is 22.5 Å². The molecule has 12 heteroatoms. The van der Waals surface area contributed by atoms with E-state index in [4.69, 9.17) is 14.2 Å². The van der Waals surface area contributed by atoms with Crippen LogP contribution in [0.25, 0.3) is 5.69 Å². The number of hydrogen-bond donors (Lipinski definition) is 0. The molecule has 2 aromatic carbocycles. The Balaban J connectivity index is 0.00000181. The lowest BCUT2D eigenvalue weighted by atomic mass is 10.1. The van der Waals surface area contributed by atoms with E-state index in [-0.39, 0.29) is 0 Å². The summed E-state index contributed by atoms with van der Waals surface area (Å²) in [6, 6.07) is 11.4. The van der Waals surface area contributed by atoms with E-state index in [1.165, 1.54) is 33.5 Å². The summed E-state index contributed by atoms with van der Waals surface area (Å²) in [5.41, 5.74) is 1.44. The predicted octanol–water partition coefficient (Wildman–Crippen LogP) is 6.82. The van der Waals surface area contributed by atoms with E-state index in [9.17, 15) is 18.0 Å². The van der Waals surface area contributed by atoms with Crippen molar-refractivity contribution in [3.05, 3.63) is 70.5 Å². The van der Waals surface area contributed by atoms with Crippen LogP contribution in [-0.4, -0.2) is 61.0 Å². The average molecular weight is 615 g/mol. The van der Waals surface area contributed by atoms with Gasteiger partial charge >= 0.3 is 6.18 Å². The molecule has 0 fully saturated rings. The fraction of sp³-hybridized carbons (Fsp3) is 0.370. The van der Waals surface area contributed by atoms with Gasteiger partial charge in [0.15, 0.2) is 6.10 Å². The molecule has 0 radical (unpaired) electrons. The average Bonchev–Trinajstić information content (AvgIpc) is 3.49. The van der Waals surface area contributed by atoms with Gasteiger partial charge in [0.05, 0.1) is 26.1 Å². The lowest BCUT2D eigenvalue weighted by molar-refractivity contribution is -0.167. The number of carbonyl (C=O) groups excluding carboxylic acids is 1. The summed E-state index contributed by atoms with van der Waals surface area (Å²) in [7, 11) is 4.10. The Hall–Kier alpha value is -3.38. The van der Waals surface area contributed by atoms with Gasteiger partial charge in [-0.05, 0) is 51.8 Å². The number of alkyl halides is 3. The second-order valence-corrected chi connectivity index (χ2v) is 7.95. The molecule has 1 heterocycles. The van der Waals surface area contributed by atoms with Gasteiger partial charge < -0.3 is 14.2 Å². The normalized spacial score (nSPS) is 11.6. The number of nitrogens with zero attached hydrogens (tertiary/aromatic N) is 4. The first-order valence-electron chi connectivity index (χ1n) is 12.1. The van der Waals surface area contributed by atoms with Crippen molar-refractivity contribution in [3.63, 3.8) is 0 Å². The third-order valence-electron chi connectivity index (χ3n) is 4.82. The van der Waals surface area contributed by atoms with Crippen LogP contribution in [0.15, 0.2) is 64.4 Å². The number of methoxy groups -OCH3 is 3. The molecule has 214 valence electrons. The molecule has 0 saturated heterocycles. The number of halogens is 4. The van der Waals surface area contributed by atoms with E-state index in [1.807, 2.05) is 27.7 Å². The van der Waals surface area contributed by atoms with Crippen molar-refractivity contribution in [2.24, 2.45) is 5.10 Å². The van der Waals surface area contributed by atoms with E-state index >= 15 is 0 Å². The van der Waals surface area contributed by atoms with E-state index in [0.29, 0.717) is 37.8 Å². The smallest absolute Gasteiger partial charge is 0.408 e. The van der Waals surface area contributed by atoms with E-state index in [1.54, 1.807) is 47.4 Å². The van der Waals surface area contributed by atoms with Crippen molar-refractivity contribution in [1.29, 1.82) is 0 Å². The second kappa shape index (κ2) is 16.6. The van der Waals surface area contributed by atoms with Crippen LogP contribution in [0, 0.1) is 0 Å². The van der Waals surface area contributed by atoms with Crippen LogP contribution in [0.2, 0.25) is 0 Å². The molecule has 8 nitrogen and oxygen atoms in total. The Labute approximate surface area is 235 Å². The number of ether oxygens (including phenoxy) is 3. The summed E-state index contributed by atoms with van der Waals surface area (Å²) < 4.78 is 57.8. The van der Waals surface area contributed by atoms with Crippen molar-refractivity contribution < 1.29 is 32.2 Å². The van der Waals surface area contributed by atoms with Crippen molar-refractivity contribution in [3.8, 4) is 17.2 Å². The van der Waals surface area contributed by atoms with Gasteiger partial charge in [0.2, 0.25) is 0 Å². The number of benzene rings is 2. The maximum Gasteiger partial charge on any atom is 0.408 e. The molecule has 1 unspecified atom stereocenters. The van der Waals surface area contributed by atoms with Gasteiger partial charge in [-0.1, -0.05) is 39.8 Å². The molecule has 3 aromatic rings.